The number of aliphatic hydroxyl groups is 32. The molecule has 0 amide bonds. The van der Waals surface area contributed by atoms with Crippen molar-refractivity contribution < 1.29 is 272 Å². The molecule has 0 aromatic heterocycles. The predicted molar refractivity (Wildman–Crippen MR) is 359 cm³/mol. The predicted octanol–water partition coefficient (Wildman–Crippen LogP) is -23.3. The topological polar surface area (TPSA) is 860 Å². The highest BCUT2D eigenvalue weighted by Gasteiger charge is 2.63. The minimum absolute atomic E-state index is 0.919. The van der Waals surface area contributed by atoms with E-state index < -0.39 is 404 Å². The first-order chi connectivity index (χ1) is 57.5. The van der Waals surface area contributed by atoms with E-state index in [9.17, 15) is 163 Å². The monoisotopic (exact) mass is 1780 g/mol. The second kappa shape index (κ2) is 41.9. The standard InChI is InChI=1S/C66H110O55/c1-99-55-37(90)26(79)46(13(3-68)103-55)113-58-36(89)25(78)23(76)20(110-58)10-101-66-54-34(87)45(98)65(121-66)118-52-19(9-74)107-61(41(94)31(52)84)114-48-15(5-70)105-59(39(92)28(48)81)115-49-16(6-71)108-62(42(95)30(49)83)119-53-21(11-100-56-38(91)27(80)47(14(4-69)104-56)112-57-35(88)24(77)22(75)12(2-67)102-57)111-64(44(97)33(53)86)117-51-17(7-72)106-60(40(93)29(51)82)116-50-18(8-73)109-63(120-54)43(96)32(50)85/h12-98H,2-11H2,1H3/t12-,13-,14-,15-,16-,17-,18-,19-,20-,21-,22-,23-,24+,25+,26-,27-,28-,29-,30-,31-,32-,33-,34-,35-,36-,37-,38-,39+,40-,41+,42-,43-,44-,45-,46-,47-,48-,49-,50-,51-,52-,53-,54+,55?,56?,57-,58-,59-,60-,61-,62-,63-,64-,65+,66+/m1/s1. The van der Waals surface area contributed by atoms with E-state index in [2.05, 4.69) is 0 Å². The molecule has 25 aliphatic rings. The summed E-state index contributed by atoms with van der Waals surface area (Å²) in [5.41, 5.74) is 0. The molecule has 32 N–H and O–H groups in total. The molecule has 0 aliphatic carbocycles. The molecule has 121 heavy (non-hydrogen) atoms. The van der Waals surface area contributed by atoms with Crippen LogP contribution >= 0.6 is 0 Å². The van der Waals surface area contributed by atoms with Crippen LogP contribution in [0.15, 0.2) is 0 Å². The van der Waals surface area contributed by atoms with Gasteiger partial charge in [-0.3, -0.25) is 0 Å². The van der Waals surface area contributed by atoms with Crippen LogP contribution in [-0.2, 0) is 109 Å². The van der Waals surface area contributed by atoms with Crippen molar-refractivity contribution in [2.45, 2.75) is 338 Å². The van der Waals surface area contributed by atoms with Crippen LogP contribution in [0.25, 0.3) is 0 Å². The average molecular weight is 1780 g/mol. The van der Waals surface area contributed by atoms with Crippen molar-refractivity contribution in [2.24, 2.45) is 0 Å². The highest BCUT2D eigenvalue weighted by molar-refractivity contribution is 5.04. The Morgan fingerprint density at radius 3 is 0.727 bits per heavy atom. The SMILES string of the molecule is COC1O[C@H](CO)[C@@H](O[C@H]2O[C@H](CO[C@H]3O[C@@H]4O[C@H]5[C@H](O)[C@H](O)[C@@H](O[C@H]6[C@H](O)[C@H](O)[C@@H](O[C@H]7[C@H](O)[C@@H](O)[C@@H](O[C@H]8[C@H](O)[C@@H](O)[C@@H](O[C@H]9[C@H](O)[C@@H](O)[C@@H](O[C@H]%10[C@H](O)[C@@H](O)[C@@H](O[C@H]3[C@H](O)[C@H]4O)O[C@@H]%10CO)O[C@@H]9CO)O[C@@H]8COC3O[C@H](CO)[C@@H](O[C@H]4O[C@H](CO)[C@@H](O)[C@H](O)[C@H]4O)[C@H](O)[C@H]3O)O[C@@H]7CO)O[C@@H]6CO)O[C@@H]5CO)[C@@H](O)[C@H](O)[C@H]2O)[C@H](O)[C@H]1O. The molecule has 25 fully saturated rings. The molecular weight excluding hydrogens is 1670 g/mol. The number of aliphatic hydroxyl groups excluding tert-OH is 32. The number of hydrogen-bond donors (Lipinski definition) is 32. The lowest BCUT2D eigenvalue weighted by Crippen LogP contribution is -2.68. The maximum Gasteiger partial charge on any atom is 0.189 e. The van der Waals surface area contributed by atoms with E-state index in [1.807, 2.05) is 0 Å². The van der Waals surface area contributed by atoms with E-state index in [1.165, 1.54) is 0 Å². The molecule has 0 aromatic rings. The van der Waals surface area contributed by atoms with Crippen molar-refractivity contribution in [2.75, 3.05) is 73.2 Å². The van der Waals surface area contributed by atoms with E-state index in [4.69, 9.17) is 109 Å². The normalized spacial score (nSPS) is 55.0. The summed E-state index contributed by atoms with van der Waals surface area (Å²) in [4.78, 5) is 0. The average Bonchev–Trinajstić information content (AvgIpc) is 0.849. The summed E-state index contributed by atoms with van der Waals surface area (Å²) in [5.74, 6) is 0. The molecule has 0 radical (unpaired) electrons. The Bertz CT molecular complexity index is 3130. The highest BCUT2D eigenvalue weighted by atomic mass is 16.8. The van der Waals surface area contributed by atoms with Gasteiger partial charge in [-0.25, -0.2) is 0 Å². The number of ether oxygens (including phenoxy) is 23. The van der Waals surface area contributed by atoms with Crippen LogP contribution in [-0.4, -0.2) is 575 Å². The van der Waals surface area contributed by atoms with Crippen LogP contribution in [0.5, 0.6) is 0 Å². The Hall–Kier alpha value is -2.20. The zero-order valence-electron chi connectivity index (χ0n) is 63.5. The molecule has 55 nitrogen and oxygen atoms in total. The third-order valence-electron chi connectivity index (χ3n) is 23.1. The fourth-order valence-electron chi connectivity index (χ4n) is 16.1. The van der Waals surface area contributed by atoms with Gasteiger partial charge in [0.15, 0.2) is 75.5 Å². The van der Waals surface area contributed by atoms with Crippen molar-refractivity contribution in [3.63, 3.8) is 0 Å². The van der Waals surface area contributed by atoms with Crippen molar-refractivity contribution >= 4 is 0 Å². The lowest BCUT2D eigenvalue weighted by molar-refractivity contribution is -0.416. The van der Waals surface area contributed by atoms with Gasteiger partial charge in [0.25, 0.3) is 0 Å². The zero-order valence-corrected chi connectivity index (χ0v) is 63.5. The van der Waals surface area contributed by atoms with Crippen molar-refractivity contribution in [1.29, 1.82) is 0 Å². The van der Waals surface area contributed by atoms with Gasteiger partial charge >= 0.3 is 0 Å². The van der Waals surface area contributed by atoms with Gasteiger partial charge in [0, 0.05) is 7.11 Å². The third kappa shape index (κ3) is 19.9. The first-order valence-electron chi connectivity index (χ1n) is 38.6. The molecule has 25 heterocycles. The quantitative estimate of drug-likeness (QED) is 0.0571. The summed E-state index contributed by atoms with van der Waals surface area (Å²) in [5, 5.41) is 360. The van der Waals surface area contributed by atoms with Gasteiger partial charge in [-0.05, 0) is 0 Å². The fourth-order valence-corrected chi connectivity index (χ4v) is 16.1. The minimum atomic E-state index is -2.54. The number of methoxy groups -OCH3 is 1. The van der Waals surface area contributed by atoms with Gasteiger partial charge in [0.05, 0.1) is 66.1 Å². The van der Waals surface area contributed by atoms with Crippen LogP contribution < -0.4 is 0 Å². The molecule has 25 rings (SSSR count). The second-order valence-corrected chi connectivity index (χ2v) is 30.8. The van der Waals surface area contributed by atoms with Gasteiger partial charge in [-0.1, -0.05) is 0 Å². The molecular formula is C66H110O55. The van der Waals surface area contributed by atoms with E-state index in [-0.39, 0.29) is 0 Å². The Balaban J connectivity index is 0.834. The van der Waals surface area contributed by atoms with Gasteiger partial charge < -0.3 is 272 Å². The Morgan fingerprint density at radius 1 is 0.174 bits per heavy atom. The molecule has 0 aromatic carbocycles. The van der Waals surface area contributed by atoms with Crippen LogP contribution in [0.3, 0.4) is 0 Å². The third-order valence-corrected chi connectivity index (χ3v) is 23.1. The highest BCUT2D eigenvalue weighted by Crippen LogP contribution is 2.42. The van der Waals surface area contributed by atoms with E-state index in [0.29, 0.717) is 0 Å². The molecule has 14 bridgehead atoms. The minimum Gasteiger partial charge on any atom is -0.394 e. The first kappa shape index (κ1) is 97.8. The van der Waals surface area contributed by atoms with Gasteiger partial charge in [0.2, 0.25) is 0 Å². The van der Waals surface area contributed by atoms with Crippen molar-refractivity contribution in [3.05, 3.63) is 0 Å². The number of rotatable bonds is 19. The smallest absolute Gasteiger partial charge is 0.189 e. The van der Waals surface area contributed by atoms with Crippen LogP contribution in [0.2, 0.25) is 0 Å². The molecule has 0 saturated carbocycles. The molecule has 704 valence electrons. The summed E-state index contributed by atoms with van der Waals surface area (Å²) in [6, 6.07) is 0. The summed E-state index contributed by atoms with van der Waals surface area (Å²) in [6.45, 7) is -11.4. The zero-order chi connectivity index (χ0) is 88.1. The van der Waals surface area contributed by atoms with Crippen molar-refractivity contribution in [3.8, 4) is 0 Å². The maximum absolute atomic E-state index is 12.1. The Kier molecular flexibility index (Phi) is 33.9. The molecule has 25 saturated heterocycles. The number of hydrogen-bond acceptors (Lipinski definition) is 55. The summed E-state index contributed by atoms with van der Waals surface area (Å²) in [6.07, 6.45) is -119. The Labute approximate surface area is 681 Å². The van der Waals surface area contributed by atoms with Gasteiger partial charge in [-0.15, -0.1) is 0 Å². The summed E-state index contributed by atoms with van der Waals surface area (Å²) < 4.78 is 133. The maximum atomic E-state index is 12.1. The first-order valence-corrected chi connectivity index (χ1v) is 38.6. The lowest BCUT2D eigenvalue weighted by atomic mass is 9.95. The van der Waals surface area contributed by atoms with E-state index >= 15 is 0 Å². The van der Waals surface area contributed by atoms with Gasteiger partial charge in [0.1, 0.15) is 262 Å². The molecule has 25 aliphatic heterocycles. The van der Waals surface area contributed by atoms with Crippen LogP contribution in [0, 0.1) is 0 Å². The summed E-state index contributed by atoms with van der Waals surface area (Å²) >= 11 is 0. The lowest BCUT2D eigenvalue weighted by Gasteiger charge is -2.50. The van der Waals surface area contributed by atoms with Crippen molar-refractivity contribution in [1.82, 2.24) is 0 Å². The van der Waals surface area contributed by atoms with Crippen LogP contribution in [0.1, 0.15) is 0 Å². The fraction of sp³-hybridized carbons (Fsp3) is 1.00. The Morgan fingerprint density at radius 2 is 0.405 bits per heavy atom. The molecule has 2 unspecified atom stereocenters. The van der Waals surface area contributed by atoms with E-state index in [1.54, 1.807) is 0 Å². The molecule has 55 atom stereocenters. The summed E-state index contributed by atoms with van der Waals surface area (Å²) in [7, 11) is 1.09. The van der Waals surface area contributed by atoms with Gasteiger partial charge in [-0.2, -0.15) is 0 Å². The largest absolute Gasteiger partial charge is 0.394 e. The molecule has 55 heteroatoms. The second-order valence-electron chi connectivity index (χ2n) is 30.8. The van der Waals surface area contributed by atoms with E-state index in [0.717, 1.165) is 7.11 Å². The van der Waals surface area contributed by atoms with Crippen LogP contribution in [0.4, 0.5) is 0 Å². The molecule has 0 spiro atoms.